The van der Waals surface area contributed by atoms with Crippen molar-refractivity contribution in [3.8, 4) is 0 Å². The van der Waals surface area contributed by atoms with E-state index in [9.17, 15) is 9.59 Å². The van der Waals surface area contributed by atoms with Crippen LogP contribution in [0.25, 0.3) is 0 Å². The predicted octanol–water partition coefficient (Wildman–Crippen LogP) is 2.53. The lowest BCUT2D eigenvalue weighted by molar-refractivity contribution is -0.143. The van der Waals surface area contributed by atoms with E-state index < -0.39 is 0 Å². The number of hydrogen-bond donors (Lipinski definition) is 1. The maximum Gasteiger partial charge on any atom is 0.246 e. The summed E-state index contributed by atoms with van der Waals surface area (Å²) in [7, 11) is 0. The Kier molecular flexibility index (Phi) is 5.90. The second-order valence-corrected chi connectivity index (χ2v) is 8.97. The van der Waals surface area contributed by atoms with E-state index in [1.807, 2.05) is 0 Å². The Hall–Kier alpha value is -2.02. The van der Waals surface area contributed by atoms with Gasteiger partial charge in [-0.15, -0.1) is 11.8 Å². The minimum absolute atomic E-state index is 0.00554. The SMILES string of the molecule is O=C([C@@H]1CCCN1C(=O)CCC1Cc2ccccc2C1)N1CSC[C@H]1C=NO. The lowest BCUT2D eigenvalue weighted by atomic mass is 9.99. The largest absolute Gasteiger partial charge is 0.411 e. The van der Waals surface area contributed by atoms with Gasteiger partial charge in [-0.05, 0) is 49.1 Å². The highest BCUT2D eigenvalue weighted by Crippen LogP contribution is 2.31. The molecule has 1 N–H and O–H groups in total. The molecule has 1 aromatic rings. The van der Waals surface area contributed by atoms with Crippen LogP contribution in [0.5, 0.6) is 0 Å². The molecule has 0 aromatic heterocycles. The van der Waals surface area contributed by atoms with Gasteiger partial charge in [0.1, 0.15) is 6.04 Å². The van der Waals surface area contributed by atoms with Gasteiger partial charge < -0.3 is 15.0 Å². The first-order valence-corrected chi connectivity index (χ1v) is 11.2. The van der Waals surface area contributed by atoms with Crippen LogP contribution in [0.2, 0.25) is 0 Å². The Morgan fingerprint density at radius 2 is 1.96 bits per heavy atom. The number of likely N-dealkylation sites (tertiary alicyclic amines) is 1. The Morgan fingerprint density at radius 1 is 1.21 bits per heavy atom. The zero-order chi connectivity index (χ0) is 19.5. The van der Waals surface area contributed by atoms with Gasteiger partial charge >= 0.3 is 0 Å². The summed E-state index contributed by atoms with van der Waals surface area (Å²) in [6, 6.07) is 7.99. The van der Waals surface area contributed by atoms with Crippen LogP contribution in [0.4, 0.5) is 0 Å². The third-order valence-corrected chi connectivity index (χ3v) is 7.24. The number of carbonyl (C=O) groups is 2. The molecular formula is C21H27N3O3S. The fourth-order valence-corrected chi connectivity index (χ4v) is 5.85. The quantitative estimate of drug-likeness (QED) is 0.467. The van der Waals surface area contributed by atoms with Crippen LogP contribution in [0.3, 0.4) is 0 Å². The van der Waals surface area contributed by atoms with Crippen molar-refractivity contribution in [3.05, 3.63) is 35.4 Å². The molecule has 0 unspecified atom stereocenters. The van der Waals surface area contributed by atoms with E-state index >= 15 is 0 Å². The maximum absolute atomic E-state index is 13.0. The number of carbonyl (C=O) groups excluding carboxylic acids is 2. The molecule has 1 aromatic carbocycles. The normalized spacial score (nSPS) is 25.0. The molecule has 2 fully saturated rings. The third kappa shape index (κ3) is 3.90. The topological polar surface area (TPSA) is 73.2 Å². The lowest BCUT2D eigenvalue weighted by Gasteiger charge is -2.29. The fourth-order valence-electron chi connectivity index (χ4n) is 4.72. The van der Waals surface area contributed by atoms with Crippen LogP contribution in [0.15, 0.2) is 29.4 Å². The zero-order valence-corrected chi connectivity index (χ0v) is 16.8. The van der Waals surface area contributed by atoms with E-state index in [1.54, 1.807) is 21.6 Å². The molecule has 2 heterocycles. The van der Waals surface area contributed by atoms with Crippen molar-refractivity contribution in [1.82, 2.24) is 9.80 Å². The van der Waals surface area contributed by atoms with E-state index in [4.69, 9.17) is 5.21 Å². The van der Waals surface area contributed by atoms with E-state index in [2.05, 4.69) is 29.4 Å². The first-order valence-electron chi connectivity index (χ1n) is 10.1. The van der Waals surface area contributed by atoms with E-state index in [1.165, 1.54) is 17.3 Å². The van der Waals surface area contributed by atoms with Crippen molar-refractivity contribution in [2.75, 3.05) is 18.2 Å². The molecule has 1 aliphatic carbocycles. The summed E-state index contributed by atoms with van der Waals surface area (Å²) in [5.74, 6) is 1.95. The molecule has 7 heteroatoms. The molecule has 2 atom stereocenters. The van der Waals surface area contributed by atoms with Gasteiger partial charge in [-0.1, -0.05) is 29.4 Å². The van der Waals surface area contributed by atoms with Gasteiger partial charge in [-0.3, -0.25) is 9.59 Å². The van der Waals surface area contributed by atoms with Gasteiger partial charge in [-0.25, -0.2) is 0 Å². The average Bonchev–Trinajstić information content (AvgIpc) is 3.44. The average molecular weight is 402 g/mol. The molecule has 2 amide bonds. The van der Waals surface area contributed by atoms with E-state index in [0.29, 0.717) is 24.8 Å². The number of benzene rings is 1. The first-order chi connectivity index (χ1) is 13.7. The Balaban J connectivity index is 1.33. The van der Waals surface area contributed by atoms with Gasteiger partial charge in [0.15, 0.2) is 0 Å². The molecule has 28 heavy (non-hydrogen) atoms. The number of amides is 2. The molecular weight excluding hydrogens is 374 g/mol. The molecule has 2 saturated heterocycles. The van der Waals surface area contributed by atoms with Crippen molar-refractivity contribution < 1.29 is 14.8 Å². The van der Waals surface area contributed by atoms with Gasteiger partial charge in [0.2, 0.25) is 11.8 Å². The summed E-state index contributed by atoms with van der Waals surface area (Å²) in [6.07, 6.45) is 6.51. The van der Waals surface area contributed by atoms with Crippen molar-refractivity contribution in [2.24, 2.45) is 11.1 Å². The predicted molar refractivity (Wildman–Crippen MR) is 110 cm³/mol. The molecule has 0 radical (unpaired) electrons. The Bertz CT molecular complexity index is 744. The third-order valence-electron chi connectivity index (χ3n) is 6.20. The summed E-state index contributed by atoms with van der Waals surface area (Å²) in [5, 5.41) is 11.9. The fraction of sp³-hybridized carbons (Fsp3) is 0.571. The molecule has 4 rings (SSSR count). The van der Waals surface area contributed by atoms with Crippen molar-refractivity contribution in [2.45, 2.75) is 50.6 Å². The second-order valence-electron chi connectivity index (χ2n) is 7.97. The Morgan fingerprint density at radius 3 is 2.68 bits per heavy atom. The minimum atomic E-state index is -0.360. The summed E-state index contributed by atoms with van der Waals surface area (Å²) < 4.78 is 0. The zero-order valence-electron chi connectivity index (χ0n) is 16.0. The number of hydrogen-bond acceptors (Lipinski definition) is 5. The molecule has 3 aliphatic rings. The van der Waals surface area contributed by atoms with Gasteiger partial charge in [0, 0.05) is 18.7 Å². The minimum Gasteiger partial charge on any atom is -0.411 e. The van der Waals surface area contributed by atoms with Gasteiger partial charge in [0.05, 0.1) is 18.1 Å². The number of rotatable bonds is 5. The molecule has 2 aliphatic heterocycles. The van der Waals surface area contributed by atoms with Crippen LogP contribution >= 0.6 is 11.8 Å². The highest BCUT2D eigenvalue weighted by atomic mass is 32.2. The summed E-state index contributed by atoms with van der Waals surface area (Å²) in [4.78, 5) is 29.5. The number of nitrogens with zero attached hydrogens (tertiary/aromatic N) is 3. The summed E-state index contributed by atoms with van der Waals surface area (Å²) in [5.41, 5.74) is 2.83. The first kappa shape index (κ1) is 19.3. The van der Waals surface area contributed by atoms with E-state index in [0.717, 1.165) is 37.9 Å². The molecule has 0 bridgehead atoms. The van der Waals surface area contributed by atoms with Crippen LogP contribution in [-0.2, 0) is 22.4 Å². The number of fused-ring (bicyclic) bond motifs is 1. The standard InChI is InChI=1S/C21H27N3O3S/c25-20(8-7-15-10-16-4-1-2-5-17(16)11-15)23-9-3-6-19(23)21(26)24-14-28-13-18(24)12-22-27/h1-2,4-5,12,15,18-19,27H,3,6-11,13-14H2/t18-,19+/m1/s1. The van der Waals surface area contributed by atoms with Crippen LogP contribution in [0, 0.1) is 5.92 Å². The molecule has 6 nitrogen and oxygen atoms in total. The second kappa shape index (κ2) is 8.55. The summed E-state index contributed by atoms with van der Waals surface area (Å²) in [6.45, 7) is 0.667. The monoisotopic (exact) mass is 401 g/mol. The van der Waals surface area contributed by atoms with Crippen LogP contribution in [0.1, 0.15) is 36.8 Å². The van der Waals surface area contributed by atoms with E-state index in [-0.39, 0.29) is 23.9 Å². The highest BCUT2D eigenvalue weighted by molar-refractivity contribution is 7.99. The van der Waals surface area contributed by atoms with Gasteiger partial charge in [-0.2, -0.15) is 0 Å². The van der Waals surface area contributed by atoms with Crippen LogP contribution < -0.4 is 0 Å². The van der Waals surface area contributed by atoms with Crippen molar-refractivity contribution in [3.63, 3.8) is 0 Å². The van der Waals surface area contributed by atoms with Crippen molar-refractivity contribution >= 4 is 29.8 Å². The molecule has 0 saturated carbocycles. The molecule has 150 valence electrons. The summed E-state index contributed by atoms with van der Waals surface area (Å²) >= 11 is 1.65. The van der Waals surface area contributed by atoms with Gasteiger partial charge in [0.25, 0.3) is 0 Å². The lowest BCUT2D eigenvalue weighted by Crippen LogP contribution is -2.50. The molecule has 0 spiro atoms. The Labute approximate surface area is 169 Å². The maximum atomic E-state index is 13.0. The van der Waals surface area contributed by atoms with Crippen LogP contribution in [-0.4, -0.2) is 63.3 Å². The number of thioether (sulfide) groups is 1. The number of oxime groups is 1. The smallest absolute Gasteiger partial charge is 0.246 e. The highest BCUT2D eigenvalue weighted by Gasteiger charge is 2.40. The van der Waals surface area contributed by atoms with Crippen molar-refractivity contribution in [1.29, 1.82) is 0 Å².